The summed E-state index contributed by atoms with van der Waals surface area (Å²) in [7, 11) is 0. The highest BCUT2D eigenvalue weighted by Gasteiger charge is 2.44. The predicted molar refractivity (Wildman–Crippen MR) is 81.7 cm³/mol. The van der Waals surface area contributed by atoms with E-state index in [0.717, 1.165) is 12.1 Å². The van der Waals surface area contributed by atoms with E-state index in [1.807, 2.05) is 27.7 Å². The van der Waals surface area contributed by atoms with E-state index < -0.39 is 16.9 Å². The van der Waals surface area contributed by atoms with E-state index in [1.54, 1.807) is 19.9 Å². The third kappa shape index (κ3) is 4.06. The van der Waals surface area contributed by atoms with E-state index in [4.69, 9.17) is 4.74 Å². The number of carboxylic acid groups (broad SMARTS) is 1. The van der Waals surface area contributed by atoms with Crippen LogP contribution >= 0.6 is 0 Å². The minimum absolute atomic E-state index is 0.375. The van der Waals surface area contributed by atoms with Crippen molar-refractivity contribution in [2.75, 3.05) is 11.9 Å². The second-order valence-corrected chi connectivity index (χ2v) is 6.20. The standard InChI is InChI=1S/C15H25N3O3/c1-7-8-21-11-9-10(2)16-13(17-11)18-15(5,6)14(3,4)12(19)20/h9H,7-8H2,1-6H3,(H,19,20)(H,16,17,18). The number of ether oxygens (including phenoxy) is 1. The summed E-state index contributed by atoms with van der Waals surface area (Å²) in [6.07, 6.45) is 0.892. The molecule has 0 saturated heterocycles. The third-order valence-electron chi connectivity index (χ3n) is 3.81. The van der Waals surface area contributed by atoms with Crippen LogP contribution in [0.4, 0.5) is 5.95 Å². The first-order chi connectivity index (χ1) is 9.60. The summed E-state index contributed by atoms with van der Waals surface area (Å²) in [5.74, 6) is -0.00804. The number of carbonyl (C=O) groups is 1. The van der Waals surface area contributed by atoms with Crippen LogP contribution in [-0.2, 0) is 4.79 Å². The van der Waals surface area contributed by atoms with Crippen LogP contribution in [0, 0.1) is 12.3 Å². The fraction of sp³-hybridized carbons (Fsp3) is 0.667. The summed E-state index contributed by atoms with van der Waals surface area (Å²) in [5, 5.41) is 12.5. The molecule has 0 amide bonds. The van der Waals surface area contributed by atoms with Crippen molar-refractivity contribution in [1.29, 1.82) is 0 Å². The van der Waals surface area contributed by atoms with Crippen LogP contribution in [0.15, 0.2) is 6.07 Å². The number of nitrogens with one attached hydrogen (secondary N) is 1. The highest BCUT2D eigenvalue weighted by molar-refractivity contribution is 5.76. The highest BCUT2D eigenvalue weighted by atomic mass is 16.5. The minimum atomic E-state index is -0.982. The number of carboxylic acids is 1. The van der Waals surface area contributed by atoms with Gasteiger partial charge in [-0.3, -0.25) is 4.79 Å². The van der Waals surface area contributed by atoms with Crippen molar-refractivity contribution in [1.82, 2.24) is 9.97 Å². The topological polar surface area (TPSA) is 84.3 Å². The molecule has 0 bridgehead atoms. The van der Waals surface area contributed by atoms with Crippen LogP contribution in [0.2, 0.25) is 0 Å². The first-order valence-corrected chi connectivity index (χ1v) is 7.10. The van der Waals surface area contributed by atoms with E-state index in [1.165, 1.54) is 0 Å². The summed E-state index contributed by atoms with van der Waals surface area (Å²) in [6, 6.07) is 1.76. The van der Waals surface area contributed by atoms with Crippen LogP contribution < -0.4 is 10.1 Å². The van der Waals surface area contributed by atoms with E-state index in [2.05, 4.69) is 15.3 Å². The molecule has 6 heteroatoms. The van der Waals surface area contributed by atoms with Gasteiger partial charge in [-0.05, 0) is 41.0 Å². The van der Waals surface area contributed by atoms with E-state index in [-0.39, 0.29) is 0 Å². The summed E-state index contributed by atoms with van der Waals surface area (Å²) in [5.41, 5.74) is -0.943. The predicted octanol–water partition coefficient (Wildman–Crippen LogP) is 2.88. The zero-order chi connectivity index (χ0) is 16.3. The number of nitrogens with zero attached hydrogens (tertiary/aromatic N) is 2. The number of hydrogen-bond acceptors (Lipinski definition) is 5. The van der Waals surface area contributed by atoms with Crippen LogP contribution in [0.5, 0.6) is 5.88 Å². The van der Waals surface area contributed by atoms with Crippen molar-refractivity contribution in [3.63, 3.8) is 0 Å². The van der Waals surface area contributed by atoms with Gasteiger partial charge in [-0.25, -0.2) is 4.98 Å². The Morgan fingerprint density at radius 1 is 1.33 bits per heavy atom. The maximum Gasteiger partial charge on any atom is 0.311 e. The molecule has 0 radical (unpaired) electrons. The first-order valence-electron chi connectivity index (χ1n) is 7.10. The molecule has 0 unspecified atom stereocenters. The number of aromatic nitrogens is 2. The molecular weight excluding hydrogens is 270 g/mol. The lowest BCUT2D eigenvalue weighted by Crippen LogP contribution is -2.51. The molecule has 2 N–H and O–H groups in total. The fourth-order valence-corrected chi connectivity index (χ4v) is 1.58. The van der Waals surface area contributed by atoms with E-state index in [0.29, 0.717) is 18.4 Å². The third-order valence-corrected chi connectivity index (χ3v) is 3.81. The average molecular weight is 295 g/mol. The summed E-state index contributed by atoms with van der Waals surface area (Å²) in [4.78, 5) is 20.0. The lowest BCUT2D eigenvalue weighted by molar-refractivity contribution is -0.149. The van der Waals surface area contributed by atoms with Crippen LogP contribution in [-0.4, -0.2) is 33.2 Å². The quantitative estimate of drug-likeness (QED) is 0.804. The van der Waals surface area contributed by atoms with Gasteiger partial charge in [0, 0.05) is 11.8 Å². The zero-order valence-electron chi connectivity index (χ0n) is 13.6. The van der Waals surface area contributed by atoms with Crippen molar-refractivity contribution >= 4 is 11.9 Å². The van der Waals surface area contributed by atoms with Crippen LogP contribution in [0.3, 0.4) is 0 Å². The van der Waals surface area contributed by atoms with Crippen LogP contribution in [0.25, 0.3) is 0 Å². The number of hydrogen-bond donors (Lipinski definition) is 2. The Kier molecular flexibility index (Phi) is 5.15. The lowest BCUT2D eigenvalue weighted by atomic mass is 9.74. The molecule has 0 fully saturated rings. The molecule has 118 valence electrons. The summed E-state index contributed by atoms with van der Waals surface area (Å²) in [6.45, 7) is 11.4. The van der Waals surface area contributed by atoms with E-state index >= 15 is 0 Å². The highest BCUT2D eigenvalue weighted by Crippen LogP contribution is 2.33. The fourth-order valence-electron chi connectivity index (χ4n) is 1.58. The number of anilines is 1. The summed E-state index contributed by atoms with van der Waals surface area (Å²) < 4.78 is 5.52. The molecule has 0 saturated carbocycles. The van der Waals surface area contributed by atoms with Gasteiger partial charge in [0.25, 0.3) is 0 Å². The molecule has 1 aromatic rings. The van der Waals surface area contributed by atoms with Gasteiger partial charge in [-0.15, -0.1) is 0 Å². The number of rotatable bonds is 7. The number of aliphatic carboxylic acids is 1. The van der Waals surface area contributed by atoms with E-state index in [9.17, 15) is 9.90 Å². The van der Waals surface area contributed by atoms with Crippen molar-refractivity contribution < 1.29 is 14.6 Å². The average Bonchev–Trinajstić information content (AvgIpc) is 2.34. The molecule has 0 aliphatic heterocycles. The Hall–Kier alpha value is -1.85. The van der Waals surface area contributed by atoms with Gasteiger partial charge in [-0.2, -0.15) is 4.98 Å². The van der Waals surface area contributed by atoms with Crippen molar-refractivity contribution in [2.24, 2.45) is 5.41 Å². The SMILES string of the molecule is CCCOc1cc(C)nc(NC(C)(C)C(C)(C)C(=O)O)n1. The molecule has 1 heterocycles. The Balaban J connectivity index is 3.01. The van der Waals surface area contributed by atoms with Gasteiger partial charge in [0.15, 0.2) is 0 Å². The Morgan fingerprint density at radius 3 is 2.48 bits per heavy atom. The second-order valence-electron chi connectivity index (χ2n) is 6.20. The lowest BCUT2D eigenvalue weighted by Gasteiger charge is -2.38. The van der Waals surface area contributed by atoms with Crippen molar-refractivity contribution in [2.45, 2.75) is 53.5 Å². The summed E-state index contributed by atoms with van der Waals surface area (Å²) >= 11 is 0. The molecule has 0 aliphatic carbocycles. The molecular formula is C15H25N3O3. The van der Waals surface area contributed by atoms with Gasteiger partial charge >= 0.3 is 5.97 Å². The molecule has 0 atom stereocenters. The maximum absolute atomic E-state index is 11.4. The van der Waals surface area contributed by atoms with Gasteiger partial charge in [0.2, 0.25) is 11.8 Å². The van der Waals surface area contributed by atoms with Gasteiger partial charge in [-0.1, -0.05) is 6.92 Å². The molecule has 0 spiro atoms. The largest absolute Gasteiger partial charge is 0.481 e. The van der Waals surface area contributed by atoms with Crippen molar-refractivity contribution in [3.05, 3.63) is 11.8 Å². The second kappa shape index (κ2) is 6.28. The molecule has 1 rings (SSSR count). The Bertz CT molecular complexity index is 513. The minimum Gasteiger partial charge on any atom is -0.481 e. The van der Waals surface area contributed by atoms with Gasteiger partial charge in [0.05, 0.1) is 17.6 Å². The molecule has 6 nitrogen and oxygen atoms in total. The first kappa shape index (κ1) is 17.2. The molecule has 0 aromatic carbocycles. The molecule has 0 aliphatic rings. The Labute approximate surface area is 126 Å². The van der Waals surface area contributed by atoms with Gasteiger partial charge < -0.3 is 15.2 Å². The normalized spacial score (nSPS) is 12.1. The maximum atomic E-state index is 11.4. The molecule has 1 aromatic heterocycles. The monoisotopic (exact) mass is 295 g/mol. The van der Waals surface area contributed by atoms with Crippen LogP contribution in [0.1, 0.15) is 46.7 Å². The van der Waals surface area contributed by atoms with Crippen molar-refractivity contribution in [3.8, 4) is 5.88 Å². The Morgan fingerprint density at radius 2 is 1.95 bits per heavy atom. The van der Waals surface area contributed by atoms with Gasteiger partial charge in [0.1, 0.15) is 0 Å². The smallest absolute Gasteiger partial charge is 0.311 e. The molecule has 21 heavy (non-hydrogen) atoms. The number of aryl methyl sites for hydroxylation is 1. The zero-order valence-corrected chi connectivity index (χ0v) is 13.6.